The molecule has 3 aromatic rings. The molecule has 0 unspecified atom stereocenters. The molecule has 0 spiro atoms. The fourth-order valence-corrected chi connectivity index (χ4v) is 4.50. The summed E-state index contributed by atoms with van der Waals surface area (Å²) in [5, 5.41) is 11.3. The molecular formula is C22H23N5O4. The first-order valence-electron chi connectivity index (χ1n) is 10.2. The molecule has 2 aliphatic rings. The molecule has 5 rings (SSSR count). The largest absolute Gasteiger partial charge is 0.497 e. The number of amides is 2. The van der Waals surface area contributed by atoms with Crippen LogP contribution in [-0.2, 0) is 13.0 Å². The van der Waals surface area contributed by atoms with Crippen LogP contribution >= 0.6 is 0 Å². The van der Waals surface area contributed by atoms with E-state index in [2.05, 4.69) is 15.5 Å². The monoisotopic (exact) mass is 421 g/mol. The molecule has 2 aliphatic heterocycles. The second-order valence-corrected chi connectivity index (χ2v) is 8.06. The first kappa shape index (κ1) is 19.3. The molecule has 1 saturated heterocycles. The lowest BCUT2D eigenvalue weighted by molar-refractivity contribution is 0.0781. The van der Waals surface area contributed by atoms with Gasteiger partial charge in [0.15, 0.2) is 0 Å². The smallest absolute Gasteiger partial charge is 0.293 e. The summed E-state index contributed by atoms with van der Waals surface area (Å²) in [5.41, 5.74) is 1.27. The van der Waals surface area contributed by atoms with Gasteiger partial charge in [-0.15, -0.1) is 10.2 Å². The Morgan fingerprint density at radius 1 is 1.10 bits per heavy atom. The van der Waals surface area contributed by atoms with E-state index in [1.54, 1.807) is 50.6 Å². The number of nitrogens with one attached hydrogen (secondary N) is 1. The Morgan fingerprint density at radius 2 is 1.87 bits per heavy atom. The van der Waals surface area contributed by atoms with E-state index in [4.69, 9.17) is 9.15 Å². The number of aryl methyl sites for hydroxylation is 1. The third-order valence-corrected chi connectivity index (χ3v) is 6.19. The number of hydrogen-bond acceptors (Lipinski definition) is 6. The van der Waals surface area contributed by atoms with Crippen LogP contribution in [0, 0.1) is 18.8 Å². The molecule has 31 heavy (non-hydrogen) atoms. The van der Waals surface area contributed by atoms with Crippen LogP contribution in [0.3, 0.4) is 0 Å². The number of rotatable bonds is 4. The zero-order chi connectivity index (χ0) is 21.5. The van der Waals surface area contributed by atoms with E-state index in [-0.39, 0.29) is 17.7 Å². The van der Waals surface area contributed by atoms with Crippen LogP contribution in [0.1, 0.15) is 32.6 Å². The standard InChI is InChI=1S/C22H23N5O4/c1-13-18(7-8-31-13)22(29)26-10-14-9-19-24-25-20(27(19)12-15(14)11-26)21(28)23-16-3-5-17(30-2)6-4-16/h3-8,14-15H,9-12H2,1-2H3,(H,23,28)/t14-,15+/m1/s1. The van der Waals surface area contributed by atoms with E-state index in [9.17, 15) is 9.59 Å². The van der Waals surface area contributed by atoms with Gasteiger partial charge in [0.25, 0.3) is 11.8 Å². The van der Waals surface area contributed by atoms with Crippen LogP contribution < -0.4 is 10.1 Å². The summed E-state index contributed by atoms with van der Waals surface area (Å²) in [7, 11) is 1.59. The van der Waals surface area contributed by atoms with Gasteiger partial charge < -0.3 is 23.9 Å². The molecule has 0 aliphatic carbocycles. The van der Waals surface area contributed by atoms with Gasteiger partial charge in [-0.05, 0) is 49.1 Å². The summed E-state index contributed by atoms with van der Waals surface area (Å²) in [4.78, 5) is 27.6. The zero-order valence-corrected chi connectivity index (χ0v) is 17.4. The van der Waals surface area contributed by atoms with E-state index in [0.717, 1.165) is 11.6 Å². The average molecular weight is 421 g/mol. The number of benzene rings is 1. The fraction of sp³-hybridized carbons (Fsp3) is 0.364. The zero-order valence-electron chi connectivity index (χ0n) is 17.4. The van der Waals surface area contributed by atoms with Gasteiger partial charge in [0.1, 0.15) is 17.3 Å². The van der Waals surface area contributed by atoms with Crippen molar-refractivity contribution in [2.45, 2.75) is 19.9 Å². The van der Waals surface area contributed by atoms with E-state index in [0.29, 0.717) is 54.8 Å². The summed E-state index contributed by atoms with van der Waals surface area (Å²) in [6.07, 6.45) is 2.24. The van der Waals surface area contributed by atoms with Crippen molar-refractivity contribution in [1.29, 1.82) is 0 Å². The second-order valence-electron chi connectivity index (χ2n) is 8.06. The molecule has 2 amide bonds. The number of ether oxygens (including phenoxy) is 1. The topological polar surface area (TPSA) is 102 Å². The van der Waals surface area contributed by atoms with Crippen molar-refractivity contribution < 1.29 is 18.7 Å². The Morgan fingerprint density at radius 3 is 2.58 bits per heavy atom. The Hall–Kier alpha value is -3.62. The maximum atomic E-state index is 12.9. The van der Waals surface area contributed by atoms with E-state index in [1.807, 2.05) is 9.47 Å². The molecule has 2 aromatic heterocycles. The lowest BCUT2D eigenvalue weighted by atomic mass is 9.89. The molecule has 0 radical (unpaired) electrons. The minimum Gasteiger partial charge on any atom is -0.497 e. The van der Waals surface area contributed by atoms with Gasteiger partial charge in [0.05, 0.1) is 18.9 Å². The molecule has 0 saturated carbocycles. The number of carbonyl (C=O) groups is 2. The highest BCUT2D eigenvalue weighted by atomic mass is 16.5. The van der Waals surface area contributed by atoms with Gasteiger partial charge in [-0.25, -0.2) is 0 Å². The minimum absolute atomic E-state index is 0.00566. The maximum Gasteiger partial charge on any atom is 0.293 e. The summed E-state index contributed by atoms with van der Waals surface area (Å²) in [5.74, 6) is 2.69. The third-order valence-electron chi connectivity index (χ3n) is 6.19. The first-order valence-corrected chi connectivity index (χ1v) is 10.2. The number of hydrogen-bond donors (Lipinski definition) is 1. The lowest BCUT2D eigenvalue weighted by Crippen LogP contribution is -2.31. The van der Waals surface area contributed by atoms with Gasteiger partial charge in [-0.1, -0.05) is 0 Å². The van der Waals surface area contributed by atoms with E-state index in [1.165, 1.54) is 0 Å². The quantitative estimate of drug-likeness (QED) is 0.694. The maximum absolute atomic E-state index is 12.9. The highest BCUT2D eigenvalue weighted by Gasteiger charge is 2.41. The number of aromatic nitrogens is 3. The van der Waals surface area contributed by atoms with Crippen molar-refractivity contribution in [1.82, 2.24) is 19.7 Å². The summed E-state index contributed by atoms with van der Waals surface area (Å²) in [6.45, 7) is 3.73. The molecule has 2 atom stereocenters. The van der Waals surface area contributed by atoms with Gasteiger partial charge >= 0.3 is 0 Å². The molecule has 160 valence electrons. The number of likely N-dealkylation sites (tertiary alicyclic amines) is 1. The number of methoxy groups -OCH3 is 1. The van der Waals surface area contributed by atoms with Crippen molar-refractivity contribution in [2.24, 2.45) is 11.8 Å². The minimum atomic E-state index is -0.303. The van der Waals surface area contributed by atoms with Crippen molar-refractivity contribution in [2.75, 3.05) is 25.5 Å². The Kier molecular flexibility index (Phi) is 4.72. The Labute approximate surface area is 179 Å². The number of anilines is 1. The number of carbonyl (C=O) groups excluding carboxylic acids is 2. The van der Waals surface area contributed by atoms with Gasteiger partial charge in [0, 0.05) is 31.7 Å². The normalized spacial score (nSPS) is 19.6. The predicted octanol–water partition coefficient (Wildman–Crippen LogP) is 2.38. The molecule has 1 aromatic carbocycles. The van der Waals surface area contributed by atoms with Crippen molar-refractivity contribution in [3.8, 4) is 5.75 Å². The molecule has 1 N–H and O–H groups in total. The fourth-order valence-electron chi connectivity index (χ4n) is 4.50. The van der Waals surface area contributed by atoms with E-state index < -0.39 is 0 Å². The molecular weight excluding hydrogens is 398 g/mol. The Bertz CT molecular complexity index is 1130. The Balaban J connectivity index is 1.29. The molecule has 0 bridgehead atoms. The highest BCUT2D eigenvalue weighted by molar-refractivity contribution is 6.01. The van der Waals surface area contributed by atoms with Crippen LogP contribution in [0.4, 0.5) is 5.69 Å². The highest BCUT2D eigenvalue weighted by Crippen LogP contribution is 2.33. The number of furan rings is 1. The summed E-state index contributed by atoms with van der Waals surface area (Å²) < 4.78 is 12.3. The van der Waals surface area contributed by atoms with Crippen LogP contribution in [0.5, 0.6) is 5.75 Å². The van der Waals surface area contributed by atoms with E-state index >= 15 is 0 Å². The SMILES string of the molecule is COc1ccc(NC(=O)c2nnc3n2C[C@@H]2CN(C(=O)c4ccoc4C)C[C@H]2C3)cc1. The summed E-state index contributed by atoms with van der Waals surface area (Å²) in [6, 6.07) is 8.84. The molecule has 1 fully saturated rings. The van der Waals surface area contributed by atoms with Crippen molar-refractivity contribution >= 4 is 17.5 Å². The average Bonchev–Trinajstić information content (AvgIpc) is 3.49. The first-order chi connectivity index (χ1) is 15.0. The van der Waals surface area contributed by atoms with Crippen LogP contribution in [0.15, 0.2) is 41.0 Å². The van der Waals surface area contributed by atoms with Gasteiger partial charge in [0.2, 0.25) is 5.82 Å². The van der Waals surface area contributed by atoms with Gasteiger partial charge in [-0.2, -0.15) is 0 Å². The molecule has 4 heterocycles. The van der Waals surface area contributed by atoms with Gasteiger partial charge in [-0.3, -0.25) is 9.59 Å². The summed E-state index contributed by atoms with van der Waals surface area (Å²) >= 11 is 0. The molecule has 9 heteroatoms. The molecule has 9 nitrogen and oxygen atoms in total. The van der Waals surface area contributed by atoms with Crippen LogP contribution in [-0.4, -0.2) is 51.7 Å². The number of fused-ring (bicyclic) bond motifs is 2. The van der Waals surface area contributed by atoms with Crippen molar-refractivity contribution in [3.05, 3.63) is 59.6 Å². The van der Waals surface area contributed by atoms with Crippen LogP contribution in [0.25, 0.3) is 0 Å². The predicted molar refractivity (Wildman–Crippen MR) is 111 cm³/mol. The number of nitrogens with zero attached hydrogens (tertiary/aromatic N) is 4. The van der Waals surface area contributed by atoms with Crippen LogP contribution in [0.2, 0.25) is 0 Å². The lowest BCUT2D eigenvalue weighted by Gasteiger charge is -2.25. The third kappa shape index (κ3) is 3.45. The second kappa shape index (κ2) is 7.57. The van der Waals surface area contributed by atoms with Crippen molar-refractivity contribution in [3.63, 3.8) is 0 Å².